The molecule has 0 spiro atoms. The van der Waals surface area contributed by atoms with Gasteiger partial charge in [0.15, 0.2) is 0 Å². The molecule has 0 aliphatic carbocycles. The van der Waals surface area contributed by atoms with E-state index in [0.717, 1.165) is 6.04 Å². The Kier molecular flexibility index (Phi) is 3.86. The third-order valence-corrected chi connectivity index (χ3v) is 5.46. The smallest absolute Gasteiger partial charge is 0.379 e. The van der Waals surface area contributed by atoms with Gasteiger partial charge in [0, 0.05) is 6.04 Å². The van der Waals surface area contributed by atoms with E-state index >= 15 is 0 Å². The van der Waals surface area contributed by atoms with Crippen LogP contribution in [0.3, 0.4) is 0 Å². The molecule has 2 heterocycles. The van der Waals surface area contributed by atoms with Crippen LogP contribution in [-0.4, -0.2) is 30.0 Å². The fraction of sp³-hybridized carbons (Fsp3) is 1.00. The molecule has 0 N–H and O–H groups in total. The summed E-state index contributed by atoms with van der Waals surface area (Å²) < 4.78 is 6.70. The predicted molar refractivity (Wildman–Crippen MR) is 83.3 cm³/mol. The van der Waals surface area contributed by atoms with Gasteiger partial charge in [0.2, 0.25) is 0 Å². The maximum absolute atomic E-state index is 6.70. The van der Waals surface area contributed by atoms with Crippen molar-refractivity contribution < 1.29 is 4.65 Å². The second-order valence-corrected chi connectivity index (χ2v) is 8.64. The van der Waals surface area contributed by atoms with Crippen molar-refractivity contribution in [2.45, 2.75) is 85.7 Å². The topological polar surface area (TPSA) is 12.5 Å². The second-order valence-electron chi connectivity index (χ2n) is 8.64. The third-order valence-electron chi connectivity index (χ3n) is 5.46. The Hall–Kier alpha value is -0.0151. The van der Waals surface area contributed by atoms with Gasteiger partial charge >= 0.3 is 7.05 Å². The lowest BCUT2D eigenvalue weighted by Gasteiger charge is -2.61. The van der Waals surface area contributed by atoms with Crippen molar-refractivity contribution in [1.82, 2.24) is 4.81 Å². The number of hydrogen-bond acceptors (Lipinski definition) is 2. The van der Waals surface area contributed by atoms with E-state index in [-0.39, 0.29) is 23.5 Å². The van der Waals surface area contributed by atoms with Crippen LogP contribution in [0.15, 0.2) is 0 Å². The summed E-state index contributed by atoms with van der Waals surface area (Å²) in [4.78, 5) is 2.60. The highest BCUT2D eigenvalue weighted by Gasteiger charge is 2.57. The van der Waals surface area contributed by atoms with Crippen LogP contribution < -0.4 is 0 Å². The molecule has 0 saturated carbocycles. The lowest BCUT2D eigenvalue weighted by Crippen LogP contribution is -2.68. The van der Waals surface area contributed by atoms with Crippen LogP contribution in [0.25, 0.3) is 0 Å². The predicted octanol–water partition coefficient (Wildman–Crippen LogP) is 4.21. The van der Waals surface area contributed by atoms with E-state index in [1.807, 2.05) is 0 Å². The van der Waals surface area contributed by atoms with E-state index in [9.17, 15) is 0 Å². The summed E-state index contributed by atoms with van der Waals surface area (Å²) in [6, 6.07) is 0.718. The highest BCUT2D eigenvalue weighted by atomic mass is 16.5. The number of fused-ring (bicyclic) bond motifs is 1. The zero-order chi connectivity index (χ0) is 14.5. The summed E-state index contributed by atoms with van der Waals surface area (Å²) in [5.74, 6) is 0. The third kappa shape index (κ3) is 2.49. The van der Waals surface area contributed by atoms with Crippen LogP contribution in [0.2, 0.25) is 6.82 Å². The van der Waals surface area contributed by atoms with Crippen molar-refractivity contribution in [3.05, 3.63) is 0 Å². The van der Waals surface area contributed by atoms with Crippen LogP contribution in [0.4, 0.5) is 0 Å². The van der Waals surface area contributed by atoms with Gasteiger partial charge in [0.05, 0.1) is 5.60 Å². The first-order chi connectivity index (χ1) is 8.58. The van der Waals surface area contributed by atoms with E-state index in [4.69, 9.17) is 4.65 Å². The monoisotopic (exact) mass is 265 g/mol. The molecule has 1 unspecified atom stereocenters. The molecule has 2 saturated heterocycles. The van der Waals surface area contributed by atoms with Gasteiger partial charge in [0.25, 0.3) is 0 Å². The molecule has 19 heavy (non-hydrogen) atoms. The first kappa shape index (κ1) is 15.4. The van der Waals surface area contributed by atoms with Gasteiger partial charge in [-0.2, -0.15) is 0 Å². The van der Waals surface area contributed by atoms with E-state index in [1.165, 1.54) is 32.2 Å². The minimum Gasteiger partial charge on any atom is -0.415 e. The van der Waals surface area contributed by atoms with Gasteiger partial charge in [-0.1, -0.05) is 48.0 Å². The van der Waals surface area contributed by atoms with Crippen LogP contribution in [0.5, 0.6) is 0 Å². The van der Waals surface area contributed by atoms with Crippen molar-refractivity contribution >= 4 is 7.05 Å². The molecular weight excluding hydrogens is 233 g/mol. The maximum atomic E-state index is 6.70. The summed E-state index contributed by atoms with van der Waals surface area (Å²) in [5, 5.41) is 0. The summed E-state index contributed by atoms with van der Waals surface area (Å²) in [6.07, 6.45) is 5.26. The zero-order valence-electron chi connectivity index (χ0n) is 14.0. The Bertz CT molecular complexity index is 315. The van der Waals surface area contributed by atoms with Crippen LogP contribution in [0, 0.1) is 10.8 Å². The van der Waals surface area contributed by atoms with E-state index in [1.54, 1.807) is 0 Å². The first-order valence-electron chi connectivity index (χ1n) is 8.02. The van der Waals surface area contributed by atoms with Gasteiger partial charge in [-0.25, -0.2) is 0 Å². The molecule has 0 aromatic carbocycles. The Morgan fingerprint density at radius 3 is 2.16 bits per heavy atom. The normalized spacial score (nSPS) is 29.2. The molecule has 1 atom stereocenters. The first-order valence-corrected chi connectivity index (χ1v) is 8.02. The molecule has 0 radical (unpaired) electrons. The van der Waals surface area contributed by atoms with E-state index < -0.39 is 0 Å². The molecule has 110 valence electrons. The van der Waals surface area contributed by atoms with Crippen molar-refractivity contribution in [1.29, 1.82) is 0 Å². The highest BCUT2D eigenvalue weighted by Crippen LogP contribution is 2.53. The highest BCUT2D eigenvalue weighted by molar-refractivity contribution is 6.47. The van der Waals surface area contributed by atoms with Crippen LogP contribution in [0.1, 0.15) is 67.2 Å². The molecule has 0 aromatic heterocycles. The van der Waals surface area contributed by atoms with E-state index in [2.05, 4.69) is 53.2 Å². The molecule has 2 nitrogen and oxygen atoms in total. The van der Waals surface area contributed by atoms with Crippen LogP contribution in [-0.2, 0) is 4.65 Å². The Labute approximate surface area is 120 Å². The lowest BCUT2D eigenvalue weighted by atomic mass is 9.55. The molecule has 3 heteroatoms. The molecule has 2 fully saturated rings. The fourth-order valence-electron chi connectivity index (χ4n) is 4.55. The van der Waals surface area contributed by atoms with Crippen LogP contribution >= 0.6 is 0 Å². The van der Waals surface area contributed by atoms with Gasteiger partial charge in [0.1, 0.15) is 0 Å². The summed E-state index contributed by atoms with van der Waals surface area (Å²) in [5.41, 5.74) is 0.310. The maximum Gasteiger partial charge on any atom is 0.379 e. The average molecular weight is 265 g/mol. The fourth-order valence-corrected chi connectivity index (χ4v) is 4.55. The Balaban J connectivity index is 2.36. The average Bonchev–Trinajstić information content (AvgIpc) is 2.26. The molecule has 0 amide bonds. The molecule has 2 rings (SSSR count). The number of piperidine rings is 1. The molecule has 2 aliphatic rings. The van der Waals surface area contributed by atoms with Crippen molar-refractivity contribution in [3.63, 3.8) is 0 Å². The minimum atomic E-state index is -0.0298. The largest absolute Gasteiger partial charge is 0.415 e. The minimum absolute atomic E-state index is 0.0298. The molecule has 0 aromatic rings. The lowest BCUT2D eigenvalue weighted by molar-refractivity contribution is -0.159. The van der Waals surface area contributed by atoms with Gasteiger partial charge in [-0.15, -0.1) is 0 Å². The summed E-state index contributed by atoms with van der Waals surface area (Å²) in [6.45, 7) is 17.6. The summed E-state index contributed by atoms with van der Waals surface area (Å²) >= 11 is 0. The standard InChI is InChI=1S/C16H32BNO/c1-14(2,3)16(15(4,5)6)12-13-10-8-9-11-18(13)17(7)19-16/h13H,8-12H2,1-7H3. The number of hydrogen-bond donors (Lipinski definition) is 0. The van der Waals surface area contributed by atoms with Gasteiger partial charge in [-0.3, -0.25) is 0 Å². The quantitative estimate of drug-likeness (QED) is 0.608. The van der Waals surface area contributed by atoms with Gasteiger partial charge < -0.3 is 9.47 Å². The van der Waals surface area contributed by atoms with Gasteiger partial charge in [-0.05, 0) is 43.5 Å². The number of rotatable bonds is 0. The molecule has 0 bridgehead atoms. The summed E-state index contributed by atoms with van der Waals surface area (Å²) in [7, 11) is 0.262. The second kappa shape index (κ2) is 4.77. The van der Waals surface area contributed by atoms with Crippen molar-refractivity contribution in [2.75, 3.05) is 6.54 Å². The van der Waals surface area contributed by atoms with Crippen molar-refractivity contribution in [2.24, 2.45) is 10.8 Å². The molecule has 2 aliphatic heterocycles. The Morgan fingerprint density at radius 2 is 1.63 bits per heavy atom. The number of nitrogens with zero attached hydrogens (tertiary/aromatic N) is 1. The Morgan fingerprint density at radius 1 is 1.05 bits per heavy atom. The van der Waals surface area contributed by atoms with Crippen molar-refractivity contribution in [3.8, 4) is 0 Å². The van der Waals surface area contributed by atoms with E-state index in [0.29, 0.717) is 0 Å². The zero-order valence-corrected chi connectivity index (χ0v) is 14.0. The molecular formula is C16H32BNO. The SMILES string of the molecule is CB1OC(C(C)(C)C)(C(C)(C)C)CC2CCCCN12.